The van der Waals surface area contributed by atoms with Gasteiger partial charge in [-0.25, -0.2) is 0 Å². The standard InChI is InChI=1S/C36H71O8P.Na/c1-4-7-9-11-13-15-17-19-21-23-25-27-29-35(37)41-32-34(33-43-45(39,40)42-31-6-3)44-36(38)30-28-26-24-22-20-18-16-14-12-10-8-5-2;/h34H,4-33H2,1-3H3,(H,39,40);/q;+1/p-1/t34-;/m1./s1. The third-order valence-corrected chi connectivity index (χ3v) is 9.03. The number of phosphoric acid groups is 1. The van der Waals surface area contributed by atoms with E-state index in [9.17, 15) is 19.0 Å². The number of hydrogen-bond donors (Lipinski definition) is 0. The number of esters is 2. The summed E-state index contributed by atoms with van der Waals surface area (Å²) in [4.78, 5) is 36.8. The molecular weight excluding hydrogens is 614 g/mol. The number of unbranched alkanes of at least 4 members (excludes halogenated alkanes) is 22. The summed E-state index contributed by atoms with van der Waals surface area (Å²) < 4.78 is 32.5. The van der Waals surface area contributed by atoms with Crippen LogP contribution < -0.4 is 34.5 Å². The Morgan fingerprint density at radius 1 is 0.522 bits per heavy atom. The summed E-state index contributed by atoms with van der Waals surface area (Å²) in [5.41, 5.74) is 0. The van der Waals surface area contributed by atoms with E-state index in [1.54, 1.807) is 6.92 Å². The van der Waals surface area contributed by atoms with Gasteiger partial charge in [0.1, 0.15) is 6.61 Å². The molecular formula is C36H70NaO8P. The van der Waals surface area contributed by atoms with Crippen LogP contribution in [0.25, 0.3) is 0 Å². The normalized spacial score (nSPS) is 13.1. The molecule has 0 N–H and O–H groups in total. The van der Waals surface area contributed by atoms with Crippen LogP contribution in [0.15, 0.2) is 0 Å². The van der Waals surface area contributed by atoms with Gasteiger partial charge in [-0.3, -0.25) is 14.2 Å². The van der Waals surface area contributed by atoms with E-state index >= 15 is 0 Å². The van der Waals surface area contributed by atoms with Gasteiger partial charge in [0, 0.05) is 12.8 Å². The molecule has 0 bridgehead atoms. The van der Waals surface area contributed by atoms with Gasteiger partial charge in [0.15, 0.2) is 6.10 Å². The zero-order valence-corrected chi connectivity index (χ0v) is 33.4. The number of carbonyl (C=O) groups excluding carboxylic acids is 2. The van der Waals surface area contributed by atoms with Gasteiger partial charge in [0.05, 0.1) is 13.2 Å². The van der Waals surface area contributed by atoms with Crippen molar-refractivity contribution >= 4 is 19.8 Å². The van der Waals surface area contributed by atoms with E-state index in [-0.39, 0.29) is 61.6 Å². The first-order valence-corrected chi connectivity index (χ1v) is 20.3. The van der Waals surface area contributed by atoms with E-state index in [0.29, 0.717) is 12.8 Å². The number of phosphoric ester groups is 1. The van der Waals surface area contributed by atoms with Gasteiger partial charge in [-0.2, -0.15) is 0 Å². The predicted octanol–water partition coefficient (Wildman–Crippen LogP) is 7.54. The molecule has 0 radical (unpaired) electrons. The van der Waals surface area contributed by atoms with Crippen molar-refractivity contribution in [2.75, 3.05) is 19.8 Å². The fourth-order valence-electron chi connectivity index (χ4n) is 5.25. The molecule has 0 spiro atoms. The summed E-state index contributed by atoms with van der Waals surface area (Å²) in [6, 6.07) is 0. The van der Waals surface area contributed by atoms with Crippen LogP contribution >= 0.6 is 7.82 Å². The summed E-state index contributed by atoms with van der Waals surface area (Å²) in [6.07, 6.45) is 29.0. The molecule has 1 unspecified atom stereocenters. The first-order valence-electron chi connectivity index (χ1n) is 18.8. The van der Waals surface area contributed by atoms with Crippen molar-refractivity contribution in [3.63, 3.8) is 0 Å². The van der Waals surface area contributed by atoms with E-state index in [1.807, 2.05) is 0 Å². The summed E-state index contributed by atoms with van der Waals surface area (Å²) in [5, 5.41) is 0. The van der Waals surface area contributed by atoms with Crippen LogP contribution in [0.5, 0.6) is 0 Å². The van der Waals surface area contributed by atoms with Crippen molar-refractivity contribution in [3.8, 4) is 0 Å². The van der Waals surface area contributed by atoms with Gasteiger partial charge in [0.2, 0.25) is 0 Å². The zero-order valence-electron chi connectivity index (χ0n) is 30.5. The quantitative estimate of drug-likeness (QED) is 0.0292. The van der Waals surface area contributed by atoms with Crippen LogP contribution in [-0.2, 0) is 32.7 Å². The number of hydrogen-bond acceptors (Lipinski definition) is 8. The van der Waals surface area contributed by atoms with Gasteiger partial charge in [0.25, 0.3) is 7.82 Å². The molecule has 0 aliphatic carbocycles. The number of rotatable bonds is 35. The monoisotopic (exact) mass is 684 g/mol. The second kappa shape index (κ2) is 36.3. The molecule has 0 aromatic carbocycles. The van der Waals surface area contributed by atoms with E-state index < -0.39 is 26.5 Å². The van der Waals surface area contributed by atoms with Crippen molar-refractivity contribution in [1.29, 1.82) is 0 Å². The van der Waals surface area contributed by atoms with Crippen LogP contribution in [0.3, 0.4) is 0 Å². The number of ether oxygens (including phenoxy) is 2. The van der Waals surface area contributed by atoms with Gasteiger partial charge in [-0.05, 0) is 19.3 Å². The Hall–Kier alpha value is 0.0500. The Kier molecular flexibility index (Phi) is 38.0. The zero-order chi connectivity index (χ0) is 33.3. The van der Waals surface area contributed by atoms with Crippen LogP contribution in [0, 0.1) is 0 Å². The maximum absolute atomic E-state index is 12.5. The Bertz CT molecular complexity index is 724. The smallest absolute Gasteiger partial charge is 0.756 e. The Morgan fingerprint density at radius 2 is 0.891 bits per heavy atom. The number of carbonyl (C=O) groups is 2. The van der Waals surface area contributed by atoms with Crippen LogP contribution in [0.2, 0.25) is 0 Å². The molecule has 0 aliphatic heterocycles. The molecule has 0 rings (SSSR count). The first kappa shape index (κ1) is 48.2. The molecule has 0 amide bonds. The van der Waals surface area contributed by atoms with E-state index in [1.165, 1.54) is 116 Å². The average molecular weight is 685 g/mol. The third-order valence-electron chi connectivity index (χ3n) is 8.07. The molecule has 46 heavy (non-hydrogen) atoms. The summed E-state index contributed by atoms with van der Waals surface area (Å²) in [7, 11) is -4.53. The second-order valence-corrected chi connectivity index (χ2v) is 14.1. The topological polar surface area (TPSA) is 111 Å². The molecule has 0 aliphatic rings. The van der Waals surface area contributed by atoms with Gasteiger partial charge in [-0.1, -0.05) is 162 Å². The van der Waals surface area contributed by atoms with Crippen molar-refractivity contribution < 1.29 is 67.1 Å². The maximum Gasteiger partial charge on any atom is 1.00 e. The summed E-state index contributed by atoms with van der Waals surface area (Å²) in [6.45, 7) is 5.60. The molecule has 0 heterocycles. The van der Waals surface area contributed by atoms with E-state index in [0.717, 1.165) is 32.1 Å². The Labute approximate surface area is 305 Å². The minimum absolute atomic E-state index is 0. The summed E-state index contributed by atoms with van der Waals surface area (Å²) >= 11 is 0. The van der Waals surface area contributed by atoms with Gasteiger partial charge < -0.3 is 23.4 Å². The molecule has 0 aromatic heterocycles. The Morgan fingerprint density at radius 3 is 1.28 bits per heavy atom. The van der Waals surface area contributed by atoms with Crippen molar-refractivity contribution in [3.05, 3.63) is 0 Å². The van der Waals surface area contributed by atoms with Crippen LogP contribution in [-0.4, -0.2) is 37.9 Å². The van der Waals surface area contributed by atoms with E-state index in [2.05, 4.69) is 13.8 Å². The first-order chi connectivity index (χ1) is 21.8. The predicted molar refractivity (Wildman–Crippen MR) is 182 cm³/mol. The largest absolute Gasteiger partial charge is 1.00 e. The van der Waals surface area contributed by atoms with E-state index in [4.69, 9.17) is 18.5 Å². The van der Waals surface area contributed by atoms with Crippen molar-refractivity contribution in [2.24, 2.45) is 0 Å². The van der Waals surface area contributed by atoms with Gasteiger partial charge in [-0.15, -0.1) is 0 Å². The molecule has 0 aromatic rings. The van der Waals surface area contributed by atoms with Crippen molar-refractivity contribution in [2.45, 2.75) is 200 Å². The molecule has 0 fully saturated rings. The molecule has 268 valence electrons. The summed E-state index contributed by atoms with van der Waals surface area (Å²) in [5.74, 6) is -0.820. The fraction of sp³-hybridized carbons (Fsp3) is 0.944. The third kappa shape index (κ3) is 35.4. The van der Waals surface area contributed by atoms with Crippen LogP contribution in [0.1, 0.15) is 194 Å². The molecule has 2 atom stereocenters. The molecule has 8 nitrogen and oxygen atoms in total. The molecule has 10 heteroatoms. The maximum atomic E-state index is 12.5. The van der Waals surface area contributed by atoms with Crippen molar-refractivity contribution in [1.82, 2.24) is 0 Å². The minimum Gasteiger partial charge on any atom is -0.756 e. The van der Waals surface area contributed by atoms with Gasteiger partial charge >= 0.3 is 41.5 Å². The molecule has 0 saturated heterocycles. The fourth-order valence-corrected chi connectivity index (χ4v) is 6.08. The second-order valence-electron chi connectivity index (χ2n) is 12.6. The Balaban J connectivity index is 0. The SMILES string of the molecule is CCCCCCCCCCCCCCC(=O)OC[C@H](COP(=O)([O-])OCCC)OC(=O)CCCCCCCCCCCCCC.[Na+]. The van der Waals surface area contributed by atoms with Crippen LogP contribution in [0.4, 0.5) is 0 Å². The average Bonchev–Trinajstić information content (AvgIpc) is 3.02. The molecule has 0 saturated carbocycles. The minimum atomic E-state index is -4.53.